The van der Waals surface area contributed by atoms with Crippen LogP contribution >= 0.6 is 0 Å². The summed E-state index contributed by atoms with van der Waals surface area (Å²) >= 11 is 0. The van der Waals surface area contributed by atoms with Gasteiger partial charge in [0.25, 0.3) is 0 Å². The number of nitrogens with one attached hydrogen (secondary N) is 1. The van der Waals surface area contributed by atoms with E-state index in [0.717, 1.165) is 36.9 Å². The molecule has 2 unspecified atom stereocenters. The Kier molecular flexibility index (Phi) is 6.44. The van der Waals surface area contributed by atoms with Crippen molar-refractivity contribution in [3.8, 4) is 17.2 Å². The lowest BCUT2D eigenvalue weighted by Crippen LogP contribution is -2.41. The number of methoxy groups -OCH3 is 3. The fraction of sp³-hybridized carbons (Fsp3) is 0.520. The van der Waals surface area contributed by atoms with Gasteiger partial charge in [0.2, 0.25) is 5.75 Å². The number of benzene rings is 1. The number of carbonyl (C=O) groups is 2. The van der Waals surface area contributed by atoms with Crippen molar-refractivity contribution in [1.82, 2.24) is 5.32 Å². The van der Waals surface area contributed by atoms with E-state index < -0.39 is 11.8 Å². The zero-order valence-electron chi connectivity index (χ0n) is 19.2. The Bertz CT molecular complexity index is 948. The van der Waals surface area contributed by atoms with Crippen molar-refractivity contribution in [2.75, 3.05) is 21.3 Å². The number of hydrogen-bond donors (Lipinski definition) is 1. The molecule has 32 heavy (non-hydrogen) atoms. The smallest absolute Gasteiger partial charge is 0.336 e. The minimum Gasteiger partial charge on any atom is -0.493 e. The molecule has 1 saturated carbocycles. The van der Waals surface area contributed by atoms with Gasteiger partial charge in [-0.25, -0.2) is 4.79 Å². The SMILES string of the molecule is COc1cc(C2C(C(=O)OC3CCCC3)=C(C)NC3=CCCC(=O)C32)cc(OC)c1OC. The van der Waals surface area contributed by atoms with E-state index in [1.165, 1.54) is 0 Å². The second kappa shape index (κ2) is 9.27. The molecule has 0 saturated heterocycles. The molecule has 1 N–H and O–H groups in total. The van der Waals surface area contributed by atoms with E-state index in [1.54, 1.807) is 21.3 Å². The van der Waals surface area contributed by atoms with Gasteiger partial charge in [-0.3, -0.25) is 4.79 Å². The summed E-state index contributed by atoms with van der Waals surface area (Å²) < 4.78 is 22.5. The molecule has 3 aliphatic rings. The maximum atomic E-state index is 13.4. The molecule has 0 amide bonds. The Hall–Kier alpha value is -2.96. The zero-order chi connectivity index (χ0) is 22.8. The van der Waals surface area contributed by atoms with E-state index >= 15 is 0 Å². The summed E-state index contributed by atoms with van der Waals surface area (Å²) in [6.45, 7) is 1.87. The van der Waals surface area contributed by atoms with E-state index in [9.17, 15) is 9.59 Å². The average molecular weight is 442 g/mol. The number of rotatable bonds is 6. The minimum atomic E-state index is -0.502. The van der Waals surface area contributed by atoms with Gasteiger partial charge in [-0.05, 0) is 56.7 Å². The molecular formula is C25H31NO6. The second-order valence-corrected chi connectivity index (χ2v) is 8.55. The van der Waals surface area contributed by atoms with Crippen LogP contribution < -0.4 is 19.5 Å². The standard InChI is InChI=1S/C25H31NO6/c1-14-21(25(28)32-16-8-5-6-9-16)22(23-17(26-14)10-7-11-18(23)27)15-12-19(29-2)24(31-4)20(13-15)30-3/h10,12-13,16,22-23,26H,5-9,11H2,1-4H3. The van der Waals surface area contributed by atoms with Crippen molar-refractivity contribution in [1.29, 1.82) is 0 Å². The fourth-order valence-electron chi connectivity index (χ4n) is 5.14. The van der Waals surface area contributed by atoms with Crippen LogP contribution in [0.1, 0.15) is 56.9 Å². The molecule has 1 heterocycles. The maximum absolute atomic E-state index is 13.4. The Morgan fingerprint density at radius 2 is 1.66 bits per heavy atom. The second-order valence-electron chi connectivity index (χ2n) is 8.55. The summed E-state index contributed by atoms with van der Waals surface area (Å²) in [5, 5.41) is 3.32. The predicted molar refractivity (Wildman–Crippen MR) is 119 cm³/mol. The fourth-order valence-corrected chi connectivity index (χ4v) is 5.14. The van der Waals surface area contributed by atoms with E-state index in [2.05, 4.69) is 11.4 Å². The lowest BCUT2D eigenvalue weighted by molar-refractivity contribution is -0.144. The molecule has 7 nitrogen and oxygen atoms in total. The van der Waals surface area contributed by atoms with Crippen molar-refractivity contribution in [2.24, 2.45) is 5.92 Å². The third kappa shape index (κ3) is 3.96. The first-order chi connectivity index (χ1) is 15.5. The molecule has 4 rings (SSSR count). The number of ether oxygens (including phenoxy) is 4. The molecule has 1 aromatic rings. The predicted octanol–water partition coefficient (Wildman–Crippen LogP) is 4.02. The van der Waals surface area contributed by atoms with Crippen molar-refractivity contribution in [2.45, 2.75) is 57.5 Å². The van der Waals surface area contributed by atoms with Gasteiger partial charge in [-0.1, -0.05) is 6.08 Å². The molecule has 0 bridgehead atoms. The number of Topliss-reactive ketones (excluding diaryl/α,β-unsaturated/α-hetero) is 1. The van der Waals surface area contributed by atoms with Crippen LogP contribution in [-0.2, 0) is 14.3 Å². The van der Waals surface area contributed by atoms with E-state index in [4.69, 9.17) is 18.9 Å². The normalized spacial score (nSPS) is 23.2. The molecule has 1 aliphatic heterocycles. The average Bonchev–Trinajstić information content (AvgIpc) is 3.30. The van der Waals surface area contributed by atoms with Crippen LogP contribution in [0.2, 0.25) is 0 Å². The minimum absolute atomic E-state index is 0.0672. The number of carbonyl (C=O) groups excluding carboxylic acids is 2. The summed E-state index contributed by atoms with van der Waals surface area (Å²) in [5.74, 6) is 0.185. The highest BCUT2D eigenvalue weighted by Gasteiger charge is 2.44. The van der Waals surface area contributed by atoms with Crippen LogP contribution in [0.25, 0.3) is 0 Å². The maximum Gasteiger partial charge on any atom is 0.336 e. The Balaban J connectivity index is 1.85. The number of esters is 1. The Labute approximate surface area is 188 Å². The Morgan fingerprint density at radius 1 is 1.00 bits per heavy atom. The van der Waals surface area contributed by atoms with Crippen LogP contribution in [0.4, 0.5) is 0 Å². The molecular weight excluding hydrogens is 410 g/mol. The number of allylic oxidation sites excluding steroid dienone is 3. The van der Waals surface area contributed by atoms with Gasteiger partial charge in [0.15, 0.2) is 11.5 Å². The summed E-state index contributed by atoms with van der Waals surface area (Å²) in [7, 11) is 4.65. The number of fused-ring (bicyclic) bond motifs is 1. The van der Waals surface area contributed by atoms with Crippen molar-refractivity contribution in [3.05, 3.63) is 40.7 Å². The lowest BCUT2D eigenvalue weighted by atomic mass is 9.71. The van der Waals surface area contributed by atoms with Gasteiger partial charge in [0.1, 0.15) is 11.9 Å². The first-order valence-electron chi connectivity index (χ1n) is 11.2. The lowest BCUT2D eigenvalue weighted by Gasteiger charge is -2.38. The monoisotopic (exact) mass is 441 g/mol. The van der Waals surface area contributed by atoms with E-state index in [-0.39, 0.29) is 17.9 Å². The van der Waals surface area contributed by atoms with Gasteiger partial charge < -0.3 is 24.3 Å². The summed E-state index contributed by atoms with van der Waals surface area (Å²) in [4.78, 5) is 26.5. The topological polar surface area (TPSA) is 83.1 Å². The quantitative estimate of drug-likeness (QED) is 0.668. The number of ketones is 1. The molecule has 0 aromatic heterocycles. The van der Waals surface area contributed by atoms with Crippen LogP contribution in [0.15, 0.2) is 35.2 Å². The third-order valence-corrected chi connectivity index (χ3v) is 6.66. The summed E-state index contributed by atoms with van der Waals surface area (Å²) in [6, 6.07) is 3.65. The highest BCUT2D eigenvalue weighted by molar-refractivity contribution is 5.96. The van der Waals surface area contributed by atoms with Crippen molar-refractivity contribution >= 4 is 11.8 Å². The van der Waals surface area contributed by atoms with Crippen LogP contribution in [0, 0.1) is 5.92 Å². The molecule has 1 aromatic carbocycles. The van der Waals surface area contributed by atoms with Crippen LogP contribution in [-0.4, -0.2) is 39.2 Å². The molecule has 2 aliphatic carbocycles. The van der Waals surface area contributed by atoms with Gasteiger partial charge in [-0.15, -0.1) is 0 Å². The first-order valence-corrected chi connectivity index (χ1v) is 11.2. The largest absolute Gasteiger partial charge is 0.493 e. The number of hydrogen-bond acceptors (Lipinski definition) is 7. The van der Waals surface area contributed by atoms with Gasteiger partial charge in [-0.2, -0.15) is 0 Å². The molecule has 7 heteroatoms. The van der Waals surface area contributed by atoms with Crippen molar-refractivity contribution in [3.63, 3.8) is 0 Å². The van der Waals surface area contributed by atoms with E-state index in [1.807, 2.05) is 19.1 Å². The summed E-state index contributed by atoms with van der Waals surface area (Å²) in [6.07, 6.45) is 7.02. The molecule has 0 spiro atoms. The van der Waals surface area contributed by atoms with E-state index in [0.29, 0.717) is 41.4 Å². The molecule has 0 radical (unpaired) electrons. The molecule has 1 fully saturated rings. The van der Waals surface area contributed by atoms with Crippen LogP contribution in [0.5, 0.6) is 17.2 Å². The van der Waals surface area contributed by atoms with Gasteiger partial charge >= 0.3 is 5.97 Å². The van der Waals surface area contributed by atoms with Gasteiger partial charge in [0.05, 0.1) is 32.8 Å². The summed E-state index contributed by atoms with van der Waals surface area (Å²) in [5.41, 5.74) is 2.80. The first kappa shape index (κ1) is 22.2. The van der Waals surface area contributed by atoms with Crippen molar-refractivity contribution < 1.29 is 28.5 Å². The zero-order valence-corrected chi connectivity index (χ0v) is 19.2. The van der Waals surface area contributed by atoms with Crippen LogP contribution in [0.3, 0.4) is 0 Å². The Morgan fingerprint density at radius 3 is 2.25 bits per heavy atom. The highest BCUT2D eigenvalue weighted by Crippen LogP contribution is 2.48. The molecule has 2 atom stereocenters. The highest BCUT2D eigenvalue weighted by atomic mass is 16.5. The molecule has 172 valence electrons. The van der Waals surface area contributed by atoms with Gasteiger partial charge in [0, 0.05) is 23.7 Å². The third-order valence-electron chi connectivity index (χ3n) is 6.66.